The highest BCUT2D eigenvalue weighted by Crippen LogP contribution is 2.20. The Bertz CT molecular complexity index is 656. The number of nitrogens with one attached hydrogen (secondary N) is 1. The van der Waals surface area contributed by atoms with Gasteiger partial charge in [-0.3, -0.25) is 4.98 Å². The van der Waals surface area contributed by atoms with Gasteiger partial charge in [-0.05, 0) is 36.2 Å². The molecule has 0 fully saturated rings. The third-order valence-corrected chi connectivity index (χ3v) is 2.99. The van der Waals surface area contributed by atoms with Gasteiger partial charge >= 0.3 is 0 Å². The van der Waals surface area contributed by atoms with Crippen molar-refractivity contribution in [2.24, 2.45) is 0 Å². The summed E-state index contributed by atoms with van der Waals surface area (Å²) in [4.78, 5) is 12.2. The van der Waals surface area contributed by atoms with Gasteiger partial charge in [0.25, 0.3) is 0 Å². The molecule has 1 N–H and O–H groups in total. The molecule has 0 amide bonds. The summed E-state index contributed by atoms with van der Waals surface area (Å²) in [6.45, 7) is 2.19. The van der Waals surface area contributed by atoms with E-state index in [4.69, 9.17) is 0 Å². The van der Waals surface area contributed by atoms with E-state index in [1.54, 1.807) is 6.20 Å². The molecule has 0 aliphatic rings. The number of rotatable bonds is 3. The van der Waals surface area contributed by atoms with Crippen LogP contribution in [-0.2, 0) is 6.42 Å². The zero-order valence-corrected chi connectivity index (χ0v) is 10.4. The molecule has 0 saturated carbocycles. The largest absolute Gasteiger partial charge is 0.337 e. The Morgan fingerprint density at radius 2 is 2.11 bits per heavy atom. The van der Waals surface area contributed by atoms with Gasteiger partial charge in [0.1, 0.15) is 5.69 Å². The fraction of sp³-hybridized carbons (Fsp3) is 0.200. The second kappa shape index (κ2) is 4.61. The molecule has 0 unspecified atom stereocenters. The SMILES string of the molecule is CCCc1ccc2nc(-c3ccccn3)[nH]c2c1. The Kier molecular flexibility index (Phi) is 2.81. The van der Waals surface area contributed by atoms with Crippen LogP contribution in [0, 0.1) is 0 Å². The molecular weight excluding hydrogens is 222 g/mol. The second-order valence-electron chi connectivity index (χ2n) is 4.40. The average molecular weight is 237 g/mol. The third-order valence-electron chi connectivity index (χ3n) is 2.99. The maximum absolute atomic E-state index is 4.57. The lowest BCUT2D eigenvalue weighted by molar-refractivity contribution is 0.923. The normalized spacial score (nSPS) is 10.9. The van der Waals surface area contributed by atoms with E-state index < -0.39 is 0 Å². The van der Waals surface area contributed by atoms with E-state index in [2.05, 4.69) is 40.1 Å². The van der Waals surface area contributed by atoms with Crippen molar-refractivity contribution in [3.63, 3.8) is 0 Å². The first-order valence-corrected chi connectivity index (χ1v) is 6.27. The van der Waals surface area contributed by atoms with Gasteiger partial charge in [0.05, 0.1) is 11.0 Å². The molecule has 18 heavy (non-hydrogen) atoms. The van der Waals surface area contributed by atoms with E-state index >= 15 is 0 Å². The molecule has 1 aromatic carbocycles. The molecule has 3 nitrogen and oxygen atoms in total. The van der Waals surface area contributed by atoms with Crippen molar-refractivity contribution in [3.05, 3.63) is 48.2 Å². The van der Waals surface area contributed by atoms with Crippen molar-refractivity contribution in [1.29, 1.82) is 0 Å². The molecule has 0 atom stereocenters. The first-order valence-electron chi connectivity index (χ1n) is 6.27. The number of nitrogens with zero attached hydrogens (tertiary/aromatic N) is 2. The zero-order chi connectivity index (χ0) is 12.4. The Morgan fingerprint density at radius 1 is 1.17 bits per heavy atom. The molecule has 0 spiro atoms. The maximum atomic E-state index is 4.57. The van der Waals surface area contributed by atoms with Gasteiger partial charge in [0.15, 0.2) is 5.82 Å². The summed E-state index contributed by atoms with van der Waals surface area (Å²) in [6, 6.07) is 12.2. The minimum Gasteiger partial charge on any atom is -0.337 e. The minimum atomic E-state index is 0.833. The van der Waals surface area contributed by atoms with Crippen LogP contribution >= 0.6 is 0 Å². The number of aryl methyl sites for hydroxylation is 1. The molecule has 3 rings (SSSR count). The van der Waals surface area contributed by atoms with Gasteiger partial charge in [-0.15, -0.1) is 0 Å². The van der Waals surface area contributed by atoms with Gasteiger partial charge in [-0.25, -0.2) is 4.98 Å². The van der Waals surface area contributed by atoms with E-state index in [1.807, 2.05) is 18.2 Å². The molecule has 2 aromatic heterocycles. The number of H-pyrrole nitrogens is 1. The fourth-order valence-corrected chi connectivity index (χ4v) is 2.13. The number of aromatic amines is 1. The predicted octanol–water partition coefficient (Wildman–Crippen LogP) is 3.58. The summed E-state index contributed by atoms with van der Waals surface area (Å²) in [6.07, 6.45) is 4.05. The topological polar surface area (TPSA) is 41.6 Å². The van der Waals surface area contributed by atoms with Gasteiger partial charge in [-0.1, -0.05) is 25.5 Å². The standard InChI is InChI=1S/C15H15N3/c1-2-5-11-7-8-12-14(10-11)18-15(17-12)13-6-3-4-9-16-13/h3-4,6-10H,2,5H2,1H3,(H,17,18). The van der Waals surface area contributed by atoms with Gasteiger partial charge < -0.3 is 4.98 Å². The van der Waals surface area contributed by atoms with Crippen LogP contribution in [0.3, 0.4) is 0 Å². The van der Waals surface area contributed by atoms with E-state index in [0.29, 0.717) is 0 Å². The monoisotopic (exact) mass is 237 g/mol. The van der Waals surface area contributed by atoms with Crippen molar-refractivity contribution in [2.45, 2.75) is 19.8 Å². The van der Waals surface area contributed by atoms with Gasteiger partial charge in [-0.2, -0.15) is 0 Å². The molecule has 0 bridgehead atoms. The van der Waals surface area contributed by atoms with Crippen LogP contribution in [0.25, 0.3) is 22.6 Å². The Labute approximate surface area is 106 Å². The first-order chi connectivity index (χ1) is 8.86. The maximum Gasteiger partial charge on any atom is 0.157 e. The number of hydrogen-bond acceptors (Lipinski definition) is 2. The Hall–Kier alpha value is -2.16. The predicted molar refractivity (Wildman–Crippen MR) is 73.3 cm³/mol. The number of pyridine rings is 1. The van der Waals surface area contributed by atoms with Crippen molar-refractivity contribution in [1.82, 2.24) is 15.0 Å². The van der Waals surface area contributed by atoms with Crippen LogP contribution in [0.5, 0.6) is 0 Å². The van der Waals surface area contributed by atoms with Crippen LogP contribution in [-0.4, -0.2) is 15.0 Å². The molecule has 0 aliphatic carbocycles. The van der Waals surface area contributed by atoms with E-state index in [1.165, 1.54) is 5.56 Å². The summed E-state index contributed by atoms with van der Waals surface area (Å²) >= 11 is 0. The Morgan fingerprint density at radius 3 is 2.89 bits per heavy atom. The minimum absolute atomic E-state index is 0.833. The number of aromatic nitrogens is 3. The van der Waals surface area contributed by atoms with Crippen molar-refractivity contribution in [2.75, 3.05) is 0 Å². The number of hydrogen-bond donors (Lipinski definition) is 1. The molecule has 2 heterocycles. The third kappa shape index (κ3) is 1.99. The van der Waals surface area contributed by atoms with Crippen molar-refractivity contribution in [3.8, 4) is 11.5 Å². The second-order valence-corrected chi connectivity index (χ2v) is 4.40. The highest BCUT2D eigenvalue weighted by molar-refractivity contribution is 5.79. The molecule has 90 valence electrons. The summed E-state index contributed by atoms with van der Waals surface area (Å²) in [5.74, 6) is 0.833. The van der Waals surface area contributed by atoms with Gasteiger partial charge in [0, 0.05) is 6.20 Å². The Balaban J connectivity index is 2.06. The lowest BCUT2D eigenvalue weighted by Crippen LogP contribution is -1.83. The summed E-state index contributed by atoms with van der Waals surface area (Å²) in [5, 5.41) is 0. The van der Waals surface area contributed by atoms with Crippen LogP contribution in [0.2, 0.25) is 0 Å². The van der Waals surface area contributed by atoms with Crippen LogP contribution < -0.4 is 0 Å². The first kappa shape index (κ1) is 11.0. The van der Waals surface area contributed by atoms with Crippen LogP contribution in [0.15, 0.2) is 42.6 Å². The van der Waals surface area contributed by atoms with E-state index in [9.17, 15) is 0 Å². The van der Waals surface area contributed by atoms with Crippen molar-refractivity contribution < 1.29 is 0 Å². The molecule has 0 aliphatic heterocycles. The number of benzene rings is 1. The smallest absolute Gasteiger partial charge is 0.157 e. The fourth-order valence-electron chi connectivity index (χ4n) is 2.13. The quantitative estimate of drug-likeness (QED) is 0.756. The van der Waals surface area contributed by atoms with Gasteiger partial charge in [0.2, 0.25) is 0 Å². The summed E-state index contributed by atoms with van der Waals surface area (Å²) < 4.78 is 0. The lowest BCUT2D eigenvalue weighted by Gasteiger charge is -1.96. The summed E-state index contributed by atoms with van der Waals surface area (Å²) in [7, 11) is 0. The zero-order valence-electron chi connectivity index (χ0n) is 10.4. The molecule has 0 saturated heterocycles. The highest BCUT2D eigenvalue weighted by atomic mass is 14.9. The van der Waals surface area contributed by atoms with Crippen LogP contribution in [0.4, 0.5) is 0 Å². The molecular formula is C15H15N3. The average Bonchev–Trinajstić information content (AvgIpc) is 2.83. The van der Waals surface area contributed by atoms with Crippen molar-refractivity contribution >= 4 is 11.0 Å². The van der Waals surface area contributed by atoms with Crippen LogP contribution in [0.1, 0.15) is 18.9 Å². The lowest BCUT2D eigenvalue weighted by atomic mass is 10.1. The number of imidazole rings is 1. The van der Waals surface area contributed by atoms with E-state index in [-0.39, 0.29) is 0 Å². The summed E-state index contributed by atoms with van der Waals surface area (Å²) in [5.41, 5.74) is 4.31. The molecule has 3 heteroatoms. The van der Waals surface area contributed by atoms with E-state index in [0.717, 1.165) is 35.4 Å². The highest BCUT2D eigenvalue weighted by Gasteiger charge is 2.06. The molecule has 0 radical (unpaired) electrons. The molecule has 3 aromatic rings. The number of fused-ring (bicyclic) bond motifs is 1.